The van der Waals surface area contributed by atoms with E-state index >= 15 is 0 Å². The van der Waals surface area contributed by atoms with Crippen molar-refractivity contribution in [2.45, 2.75) is 32.4 Å². The highest BCUT2D eigenvalue weighted by molar-refractivity contribution is 5.92. The maximum Gasteiger partial charge on any atom is 0.269 e. The lowest BCUT2D eigenvalue weighted by atomic mass is 10.0. The lowest BCUT2D eigenvalue weighted by Gasteiger charge is -2.41. The van der Waals surface area contributed by atoms with E-state index in [1.54, 1.807) is 19.3 Å². The third-order valence-corrected chi connectivity index (χ3v) is 3.75. The first-order valence-corrected chi connectivity index (χ1v) is 6.85. The highest BCUT2D eigenvalue weighted by Gasteiger charge is 2.27. The van der Waals surface area contributed by atoms with Crippen molar-refractivity contribution >= 4 is 11.6 Å². The van der Waals surface area contributed by atoms with E-state index in [9.17, 15) is 4.79 Å². The summed E-state index contributed by atoms with van der Waals surface area (Å²) in [5.74, 6) is -0.146. The molecule has 1 amide bonds. The Kier molecular flexibility index (Phi) is 4.37. The van der Waals surface area contributed by atoms with Crippen LogP contribution in [0.1, 0.15) is 30.8 Å². The van der Waals surface area contributed by atoms with Crippen molar-refractivity contribution in [2.24, 2.45) is 0 Å². The van der Waals surface area contributed by atoms with E-state index in [2.05, 4.69) is 34.4 Å². The number of carbonyl (C=O) groups excluding carboxylic acids is 1. The van der Waals surface area contributed by atoms with E-state index in [1.807, 2.05) is 6.07 Å². The Hall–Kier alpha value is -1.62. The van der Waals surface area contributed by atoms with Crippen molar-refractivity contribution in [2.75, 3.05) is 25.0 Å². The summed E-state index contributed by atoms with van der Waals surface area (Å²) in [5, 5.41) is 6.08. The molecular formula is C14H22N4O. The molecule has 2 rings (SSSR count). The Morgan fingerprint density at radius 3 is 2.95 bits per heavy atom. The molecule has 1 aliphatic heterocycles. The monoisotopic (exact) mass is 262 g/mol. The number of carbonyl (C=O) groups is 1. The van der Waals surface area contributed by atoms with E-state index in [4.69, 9.17) is 0 Å². The number of rotatable bonds is 3. The maximum absolute atomic E-state index is 11.5. The second-order valence-electron chi connectivity index (χ2n) is 4.89. The van der Waals surface area contributed by atoms with E-state index < -0.39 is 0 Å². The van der Waals surface area contributed by atoms with Gasteiger partial charge in [0.05, 0.1) is 11.9 Å². The molecule has 1 aromatic heterocycles. The number of anilines is 1. The molecule has 0 radical (unpaired) electrons. The van der Waals surface area contributed by atoms with Crippen LogP contribution < -0.4 is 15.5 Å². The van der Waals surface area contributed by atoms with E-state index in [1.165, 1.54) is 0 Å². The predicted octanol–water partition coefficient (Wildman–Crippen LogP) is 1.02. The average Bonchev–Trinajstić information content (AvgIpc) is 2.46. The molecule has 1 aromatic rings. The molecule has 0 spiro atoms. The van der Waals surface area contributed by atoms with Crippen molar-refractivity contribution in [1.29, 1.82) is 0 Å². The van der Waals surface area contributed by atoms with Gasteiger partial charge in [0, 0.05) is 32.2 Å². The van der Waals surface area contributed by atoms with Crippen LogP contribution in [0.5, 0.6) is 0 Å². The van der Waals surface area contributed by atoms with Crippen LogP contribution in [0.15, 0.2) is 18.3 Å². The summed E-state index contributed by atoms with van der Waals surface area (Å²) in [5.41, 5.74) is 1.55. The largest absolute Gasteiger partial charge is 0.364 e. The fourth-order valence-corrected chi connectivity index (χ4v) is 2.70. The summed E-state index contributed by atoms with van der Waals surface area (Å²) in [6, 6.07) is 4.71. The molecule has 0 saturated carbocycles. The van der Waals surface area contributed by atoms with Crippen molar-refractivity contribution in [3.63, 3.8) is 0 Å². The van der Waals surface area contributed by atoms with Crippen LogP contribution in [0.25, 0.3) is 0 Å². The quantitative estimate of drug-likeness (QED) is 0.854. The highest BCUT2D eigenvalue weighted by atomic mass is 16.1. The van der Waals surface area contributed by atoms with Crippen LogP contribution in [0.3, 0.4) is 0 Å². The zero-order valence-electron chi connectivity index (χ0n) is 11.8. The highest BCUT2D eigenvalue weighted by Crippen LogP contribution is 2.22. The molecule has 5 nitrogen and oxygen atoms in total. The van der Waals surface area contributed by atoms with Crippen LogP contribution in [-0.2, 0) is 0 Å². The number of nitrogens with one attached hydrogen (secondary N) is 2. The molecule has 19 heavy (non-hydrogen) atoms. The van der Waals surface area contributed by atoms with Gasteiger partial charge in [-0.25, -0.2) is 4.98 Å². The summed E-state index contributed by atoms with van der Waals surface area (Å²) in [7, 11) is 1.61. The molecule has 104 valence electrons. The van der Waals surface area contributed by atoms with Crippen molar-refractivity contribution < 1.29 is 4.79 Å². The Labute approximate surface area is 114 Å². The molecular weight excluding hydrogens is 240 g/mol. The molecule has 0 aromatic carbocycles. The molecule has 0 bridgehead atoms. The van der Waals surface area contributed by atoms with Crippen molar-refractivity contribution in [3.05, 3.63) is 24.0 Å². The molecule has 2 heterocycles. The average molecular weight is 262 g/mol. The smallest absolute Gasteiger partial charge is 0.269 e. The minimum Gasteiger partial charge on any atom is -0.364 e. The zero-order valence-corrected chi connectivity index (χ0v) is 11.8. The standard InChI is InChI=1S/C14H22N4O/c1-4-13-10(2)16-7-8-18(13)11-5-6-12(17-9-11)14(19)15-3/h5-6,9-10,13,16H,4,7-8H2,1-3H3,(H,15,19). The third kappa shape index (κ3) is 2.87. The lowest BCUT2D eigenvalue weighted by molar-refractivity contribution is 0.0958. The Morgan fingerprint density at radius 2 is 2.37 bits per heavy atom. The molecule has 5 heteroatoms. The molecule has 0 aliphatic carbocycles. The van der Waals surface area contributed by atoms with Gasteiger partial charge in [0.1, 0.15) is 5.69 Å². The second-order valence-corrected chi connectivity index (χ2v) is 4.89. The third-order valence-electron chi connectivity index (χ3n) is 3.75. The van der Waals surface area contributed by atoms with Gasteiger partial charge in [-0.2, -0.15) is 0 Å². The van der Waals surface area contributed by atoms with Gasteiger partial charge in [-0.3, -0.25) is 4.79 Å². The number of pyridine rings is 1. The summed E-state index contributed by atoms with van der Waals surface area (Å²) in [4.78, 5) is 18.1. The molecule has 1 saturated heterocycles. The first-order valence-electron chi connectivity index (χ1n) is 6.85. The van der Waals surface area contributed by atoms with Crippen LogP contribution in [0.2, 0.25) is 0 Å². The fourth-order valence-electron chi connectivity index (χ4n) is 2.70. The number of nitrogens with zero attached hydrogens (tertiary/aromatic N) is 2. The Balaban J connectivity index is 2.18. The van der Waals surface area contributed by atoms with Crippen molar-refractivity contribution in [1.82, 2.24) is 15.6 Å². The van der Waals surface area contributed by atoms with Gasteiger partial charge in [0.2, 0.25) is 0 Å². The summed E-state index contributed by atoms with van der Waals surface area (Å²) >= 11 is 0. The molecule has 1 fully saturated rings. The maximum atomic E-state index is 11.5. The number of amides is 1. The number of hydrogen-bond acceptors (Lipinski definition) is 4. The van der Waals surface area contributed by atoms with Gasteiger partial charge in [-0.1, -0.05) is 6.92 Å². The summed E-state index contributed by atoms with van der Waals surface area (Å²) < 4.78 is 0. The first-order chi connectivity index (χ1) is 9.17. The van der Waals surface area contributed by atoms with Gasteiger partial charge in [0.15, 0.2) is 0 Å². The molecule has 2 unspecified atom stereocenters. The van der Waals surface area contributed by atoms with Crippen molar-refractivity contribution in [3.8, 4) is 0 Å². The first kappa shape index (κ1) is 13.8. The lowest BCUT2D eigenvalue weighted by Crippen LogP contribution is -2.56. The van der Waals surface area contributed by atoms with Gasteiger partial charge in [-0.15, -0.1) is 0 Å². The van der Waals surface area contributed by atoms with Crippen LogP contribution >= 0.6 is 0 Å². The Bertz CT molecular complexity index is 432. The van der Waals surface area contributed by atoms with E-state index in [0.717, 1.165) is 25.2 Å². The topological polar surface area (TPSA) is 57.3 Å². The predicted molar refractivity (Wildman–Crippen MR) is 76.5 cm³/mol. The molecule has 2 atom stereocenters. The Morgan fingerprint density at radius 1 is 1.58 bits per heavy atom. The minimum atomic E-state index is -0.146. The van der Waals surface area contributed by atoms with Crippen LogP contribution in [0, 0.1) is 0 Å². The van der Waals surface area contributed by atoms with E-state index in [-0.39, 0.29) is 5.91 Å². The fraction of sp³-hybridized carbons (Fsp3) is 0.571. The normalized spacial score (nSPS) is 23.2. The van der Waals surface area contributed by atoms with Crippen LogP contribution in [0.4, 0.5) is 5.69 Å². The van der Waals surface area contributed by atoms with Gasteiger partial charge >= 0.3 is 0 Å². The zero-order chi connectivity index (χ0) is 13.8. The SMILES string of the molecule is CCC1C(C)NCCN1c1ccc(C(=O)NC)nc1. The van der Waals surface area contributed by atoms with Gasteiger partial charge in [-0.05, 0) is 25.5 Å². The number of piperazine rings is 1. The van der Waals surface area contributed by atoms with E-state index in [0.29, 0.717) is 17.8 Å². The molecule has 1 aliphatic rings. The van der Waals surface area contributed by atoms with Gasteiger partial charge in [0.25, 0.3) is 5.91 Å². The number of aromatic nitrogens is 1. The minimum absolute atomic E-state index is 0.146. The second kappa shape index (κ2) is 6.02. The van der Waals surface area contributed by atoms with Crippen LogP contribution in [-0.4, -0.2) is 43.1 Å². The summed E-state index contributed by atoms with van der Waals surface area (Å²) in [6.07, 6.45) is 2.89. The van der Waals surface area contributed by atoms with Gasteiger partial charge < -0.3 is 15.5 Å². The molecule has 2 N–H and O–H groups in total. The number of hydrogen-bond donors (Lipinski definition) is 2. The summed E-state index contributed by atoms with van der Waals surface area (Å²) in [6.45, 7) is 6.37.